The summed E-state index contributed by atoms with van der Waals surface area (Å²) < 4.78 is 48.4. The van der Waals surface area contributed by atoms with E-state index in [1.165, 1.54) is 26.4 Å². The Hall–Kier alpha value is -2.44. The molecule has 0 amide bonds. The van der Waals surface area contributed by atoms with Crippen LogP contribution in [0.2, 0.25) is 0 Å². The van der Waals surface area contributed by atoms with Crippen LogP contribution in [0.3, 0.4) is 0 Å². The predicted molar refractivity (Wildman–Crippen MR) is 70.6 cm³/mol. The summed E-state index contributed by atoms with van der Waals surface area (Å²) in [7, 11) is 2.85. The number of aromatic nitrogens is 1. The smallest absolute Gasteiger partial charge is 0.416 e. The molecular formula is C14H12F3NO3. The zero-order valence-electron chi connectivity index (χ0n) is 11.2. The van der Waals surface area contributed by atoms with Gasteiger partial charge in [-0.05, 0) is 18.2 Å². The Bertz CT molecular complexity index is 685. The Balaban J connectivity index is 2.61. The van der Waals surface area contributed by atoms with Gasteiger partial charge in [0.1, 0.15) is 11.5 Å². The number of pyridine rings is 1. The van der Waals surface area contributed by atoms with E-state index >= 15 is 0 Å². The van der Waals surface area contributed by atoms with Gasteiger partial charge in [0.25, 0.3) is 0 Å². The molecule has 0 atom stereocenters. The Labute approximate surface area is 118 Å². The average molecular weight is 299 g/mol. The number of hydrogen-bond acceptors (Lipinski definition) is 3. The first kappa shape index (κ1) is 15.0. The van der Waals surface area contributed by atoms with E-state index in [4.69, 9.17) is 9.47 Å². The van der Waals surface area contributed by atoms with E-state index in [1.54, 1.807) is 6.07 Å². The number of hydrogen-bond donors (Lipinski definition) is 1. The molecule has 0 bridgehead atoms. The standard InChI is InChI=1S/C14H12F3NO3/c1-20-10-3-8(4-11(7-10)21-2)12-5-9(14(15,16)17)6-13(19)18-12/h3-7H,1-2H3,(H,18,19). The van der Waals surface area contributed by atoms with Crippen LogP contribution in [-0.2, 0) is 6.18 Å². The van der Waals surface area contributed by atoms with Crippen molar-refractivity contribution in [2.45, 2.75) is 6.18 Å². The molecule has 0 aliphatic rings. The second-order valence-corrected chi connectivity index (χ2v) is 4.25. The number of methoxy groups -OCH3 is 2. The van der Waals surface area contributed by atoms with Gasteiger partial charge in [-0.1, -0.05) is 0 Å². The number of nitrogens with one attached hydrogen (secondary N) is 1. The molecule has 2 aromatic rings. The molecule has 1 N–H and O–H groups in total. The number of alkyl halides is 3. The van der Waals surface area contributed by atoms with Crippen molar-refractivity contribution >= 4 is 0 Å². The Morgan fingerprint density at radius 2 is 1.52 bits per heavy atom. The van der Waals surface area contributed by atoms with Gasteiger partial charge in [0.2, 0.25) is 5.56 Å². The highest BCUT2D eigenvalue weighted by molar-refractivity contribution is 5.64. The van der Waals surface area contributed by atoms with Crippen molar-refractivity contribution in [3.05, 3.63) is 46.2 Å². The molecule has 1 aromatic heterocycles. The van der Waals surface area contributed by atoms with Crippen LogP contribution < -0.4 is 15.0 Å². The first-order chi connectivity index (χ1) is 9.83. The number of H-pyrrole nitrogens is 1. The van der Waals surface area contributed by atoms with Crippen LogP contribution in [0.15, 0.2) is 35.1 Å². The maximum Gasteiger partial charge on any atom is 0.416 e. The van der Waals surface area contributed by atoms with Crippen molar-refractivity contribution in [1.82, 2.24) is 4.98 Å². The number of halogens is 3. The summed E-state index contributed by atoms with van der Waals surface area (Å²) in [6.07, 6.45) is -4.59. The zero-order chi connectivity index (χ0) is 15.6. The monoisotopic (exact) mass is 299 g/mol. The first-order valence-corrected chi connectivity index (χ1v) is 5.88. The topological polar surface area (TPSA) is 51.3 Å². The summed E-state index contributed by atoms with van der Waals surface area (Å²) >= 11 is 0. The summed E-state index contributed by atoms with van der Waals surface area (Å²) in [5.74, 6) is 0.810. The minimum Gasteiger partial charge on any atom is -0.497 e. The highest BCUT2D eigenvalue weighted by Gasteiger charge is 2.31. The summed E-state index contributed by atoms with van der Waals surface area (Å²) in [6.45, 7) is 0. The molecule has 2 rings (SSSR count). The van der Waals surface area contributed by atoms with Gasteiger partial charge >= 0.3 is 6.18 Å². The van der Waals surface area contributed by atoms with Crippen LogP contribution in [0, 0.1) is 0 Å². The van der Waals surface area contributed by atoms with E-state index in [0.29, 0.717) is 23.1 Å². The van der Waals surface area contributed by atoms with Gasteiger partial charge in [0.05, 0.1) is 19.8 Å². The fraction of sp³-hybridized carbons (Fsp3) is 0.214. The van der Waals surface area contributed by atoms with Crippen LogP contribution in [0.25, 0.3) is 11.3 Å². The van der Waals surface area contributed by atoms with E-state index in [0.717, 1.165) is 6.07 Å². The van der Waals surface area contributed by atoms with Gasteiger partial charge in [0, 0.05) is 23.4 Å². The van der Waals surface area contributed by atoms with Gasteiger partial charge in [0.15, 0.2) is 0 Å². The van der Waals surface area contributed by atoms with Crippen molar-refractivity contribution in [1.29, 1.82) is 0 Å². The molecule has 112 valence electrons. The molecule has 0 saturated carbocycles. The third-order valence-electron chi connectivity index (χ3n) is 2.83. The summed E-state index contributed by atoms with van der Waals surface area (Å²) in [4.78, 5) is 13.8. The Kier molecular flexibility index (Phi) is 3.93. The number of ether oxygens (including phenoxy) is 2. The van der Waals surface area contributed by atoms with Crippen molar-refractivity contribution in [3.8, 4) is 22.8 Å². The predicted octanol–water partition coefficient (Wildman–Crippen LogP) is 3.08. The van der Waals surface area contributed by atoms with E-state index < -0.39 is 17.3 Å². The van der Waals surface area contributed by atoms with Crippen molar-refractivity contribution in [3.63, 3.8) is 0 Å². The van der Waals surface area contributed by atoms with E-state index in [9.17, 15) is 18.0 Å². The molecule has 1 heterocycles. The Morgan fingerprint density at radius 3 is 2.00 bits per heavy atom. The molecule has 4 nitrogen and oxygen atoms in total. The average Bonchev–Trinajstić information content (AvgIpc) is 2.45. The maximum absolute atomic E-state index is 12.8. The Morgan fingerprint density at radius 1 is 0.952 bits per heavy atom. The minimum atomic E-state index is -4.59. The molecule has 0 fully saturated rings. The van der Waals surface area contributed by atoms with Gasteiger partial charge in [-0.15, -0.1) is 0 Å². The number of rotatable bonds is 3. The second kappa shape index (κ2) is 5.51. The lowest BCUT2D eigenvalue weighted by molar-refractivity contribution is -0.137. The lowest BCUT2D eigenvalue weighted by Crippen LogP contribution is -2.13. The molecule has 7 heteroatoms. The SMILES string of the molecule is COc1cc(OC)cc(-c2cc(C(F)(F)F)cc(=O)[nH]2)c1. The van der Waals surface area contributed by atoms with Crippen molar-refractivity contribution in [2.24, 2.45) is 0 Å². The van der Waals surface area contributed by atoms with Crippen LogP contribution in [0.4, 0.5) is 13.2 Å². The van der Waals surface area contributed by atoms with E-state index in [2.05, 4.69) is 4.98 Å². The molecule has 0 radical (unpaired) electrons. The molecular weight excluding hydrogens is 287 g/mol. The van der Waals surface area contributed by atoms with E-state index in [1.807, 2.05) is 0 Å². The molecule has 21 heavy (non-hydrogen) atoms. The molecule has 0 aliphatic carbocycles. The quantitative estimate of drug-likeness (QED) is 0.947. The van der Waals surface area contributed by atoms with Crippen LogP contribution in [-0.4, -0.2) is 19.2 Å². The molecule has 0 aliphatic heterocycles. The first-order valence-electron chi connectivity index (χ1n) is 5.88. The van der Waals surface area contributed by atoms with Crippen LogP contribution >= 0.6 is 0 Å². The third kappa shape index (κ3) is 3.36. The number of benzene rings is 1. The fourth-order valence-corrected chi connectivity index (χ4v) is 1.83. The van der Waals surface area contributed by atoms with Crippen molar-refractivity contribution < 1.29 is 22.6 Å². The van der Waals surface area contributed by atoms with Crippen molar-refractivity contribution in [2.75, 3.05) is 14.2 Å². The molecule has 0 spiro atoms. The van der Waals surface area contributed by atoms with Gasteiger partial charge in [-0.25, -0.2) is 0 Å². The van der Waals surface area contributed by atoms with Gasteiger partial charge in [-0.2, -0.15) is 13.2 Å². The summed E-state index contributed by atoms with van der Waals surface area (Å²) in [6, 6.07) is 5.98. The maximum atomic E-state index is 12.8. The van der Waals surface area contributed by atoms with Gasteiger partial charge < -0.3 is 14.5 Å². The highest BCUT2D eigenvalue weighted by Crippen LogP contribution is 2.32. The van der Waals surface area contributed by atoms with Gasteiger partial charge in [-0.3, -0.25) is 4.79 Å². The summed E-state index contributed by atoms with van der Waals surface area (Å²) in [5, 5.41) is 0. The van der Waals surface area contributed by atoms with Crippen LogP contribution in [0.5, 0.6) is 11.5 Å². The lowest BCUT2D eigenvalue weighted by atomic mass is 10.1. The van der Waals surface area contributed by atoms with Crippen LogP contribution in [0.1, 0.15) is 5.56 Å². The summed E-state index contributed by atoms with van der Waals surface area (Å²) in [5.41, 5.74) is -1.45. The van der Waals surface area contributed by atoms with E-state index in [-0.39, 0.29) is 5.69 Å². The normalized spacial score (nSPS) is 11.3. The highest BCUT2D eigenvalue weighted by atomic mass is 19.4. The molecule has 0 unspecified atom stereocenters. The third-order valence-corrected chi connectivity index (χ3v) is 2.83. The molecule has 1 aromatic carbocycles. The molecule has 0 saturated heterocycles. The lowest BCUT2D eigenvalue weighted by Gasteiger charge is -2.11. The fourth-order valence-electron chi connectivity index (χ4n) is 1.83. The second-order valence-electron chi connectivity index (χ2n) is 4.25. The largest absolute Gasteiger partial charge is 0.497 e. The number of aromatic amines is 1. The zero-order valence-corrected chi connectivity index (χ0v) is 11.2. The minimum absolute atomic E-state index is 0.0343.